The molecule has 0 bridgehead atoms. The molecule has 0 saturated carbocycles. The predicted molar refractivity (Wildman–Crippen MR) is 158 cm³/mol. The van der Waals surface area contributed by atoms with E-state index in [1.807, 2.05) is 30.3 Å². The van der Waals surface area contributed by atoms with Gasteiger partial charge in [0.15, 0.2) is 0 Å². The third-order valence-electron chi connectivity index (χ3n) is 6.43. The first-order valence-electron chi connectivity index (χ1n) is 14.6. The van der Waals surface area contributed by atoms with Crippen LogP contribution < -0.4 is 0 Å². The van der Waals surface area contributed by atoms with Crippen LogP contribution in [-0.2, 0) is 29.9 Å². The average Bonchev–Trinajstić information content (AvgIpc) is 2.90. The summed E-state index contributed by atoms with van der Waals surface area (Å²) in [5.41, 5.74) is 0.970. The molecular weight excluding hydrogens is 571 g/mol. The molecule has 0 heterocycles. The summed E-state index contributed by atoms with van der Waals surface area (Å²) in [4.78, 5) is 18.3. The van der Waals surface area contributed by atoms with E-state index in [1.165, 1.54) is 70.6 Å². The van der Waals surface area contributed by atoms with Gasteiger partial charge in [0.25, 0.3) is 0 Å². The first-order chi connectivity index (χ1) is 18.5. The normalized spacial score (nSPS) is 13.6. The molecule has 1 rings (SSSR count). The molecular formula is C29H52BrO7P. The van der Waals surface area contributed by atoms with Gasteiger partial charge in [-0.25, -0.2) is 4.57 Å². The van der Waals surface area contributed by atoms with Crippen molar-refractivity contribution < 1.29 is 33.1 Å². The van der Waals surface area contributed by atoms with E-state index in [4.69, 9.17) is 28.5 Å². The molecule has 0 spiro atoms. The highest BCUT2D eigenvalue weighted by Crippen LogP contribution is 2.36. The van der Waals surface area contributed by atoms with Crippen molar-refractivity contribution in [2.24, 2.45) is 0 Å². The number of benzene rings is 1. The molecule has 222 valence electrons. The fourth-order valence-corrected chi connectivity index (χ4v) is 5.03. The molecule has 0 radical (unpaired) electrons. The molecule has 9 heteroatoms. The number of ether oxygens (including phenoxy) is 3. The molecule has 0 fully saturated rings. The summed E-state index contributed by atoms with van der Waals surface area (Å²) in [7, 11) is -4.61. The molecule has 2 unspecified atom stereocenters. The second-order valence-electron chi connectivity index (χ2n) is 9.86. The Labute approximate surface area is 239 Å². The van der Waals surface area contributed by atoms with Gasteiger partial charge in [0.1, 0.15) is 6.10 Å². The van der Waals surface area contributed by atoms with Crippen LogP contribution in [0.4, 0.5) is 0 Å². The Kier molecular flexibility index (Phi) is 23.0. The summed E-state index contributed by atoms with van der Waals surface area (Å²) < 4.78 is 33.8. The zero-order valence-electron chi connectivity index (χ0n) is 23.4. The maximum Gasteiger partial charge on any atom is 0.469 e. The van der Waals surface area contributed by atoms with E-state index >= 15 is 0 Å². The van der Waals surface area contributed by atoms with Crippen molar-refractivity contribution >= 4 is 23.8 Å². The van der Waals surface area contributed by atoms with Gasteiger partial charge < -0.3 is 24.0 Å². The van der Waals surface area contributed by atoms with Crippen molar-refractivity contribution in [2.75, 3.05) is 31.8 Å². The zero-order chi connectivity index (χ0) is 27.7. The molecule has 2 N–H and O–H groups in total. The van der Waals surface area contributed by atoms with Crippen LogP contribution in [0.15, 0.2) is 30.3 Å². The molecule has 38 heavy (non-hydrogen) atoms. The minimum absolute atomic E-state index is 0.246. The molecule has 2 atom stereocenters. The summed E-state index contributed by atoms with van der Waals surface area (Å²) >= 11 is 3.44. The summed E-state index contributed by atoms with van der Waals surface area (Å²) in [5, 5.41) is 0.675. The van der Waals surface area contributed by atoms with E-state index in [2.05, 4.69) is 22.9 Å². The summed E-state index contributed by atoms with van der Waals surface area (Å²) in [6.07, 6.45) is 16.4. The molecule has 1 aromatic rings. The van der Waals surface area contributed by atoms with E-state index in [1.54, 1.807) is 0 Å². The summed E-state index contributed by atoms with van der Waals surface area (Å²) in [6.45, 7) is 4.22. The Balaban J connectivity index is 2.17. The molecule has 0 aliphatic carbocycles. The zero-order valence-corrected chi connectivity index (χ0v) is 25.9. The lowest BCUT2D eigenvalue weighted by molar-refractivity contribution is -0.0998. The first-order valence-corrected chi connectivity index (χ1v) is 17.2. The standard InChI is InChI=1S/C29H52BrO7P/c1-2-3-4-5-6-7-8-9-10-11-12-16-22-34-23-17-24-35-28(20-21-30)29(26-37-38(31,32)33)36-25-27-18-14-13-15-19-27/h13-15,18-19,28-29H,2-12,16-17,20-26H2,1H3,(H2,31,32,33). The van der Waals surface area contributed by atoms with Gasteiger partial charge in [-0.1, -0.05) is 124 Å². The minimum atomic E-state index is -4.61. The van der Waals surface area contributed by atoms with Gasteiger partial charge in [-0.15, -0.1) is 0 Å². The molecule has 0 aromatic heterocycles. The van der Waals surface area contributed by atoms with Gasteiger partial charge in [-0.3, -0.25) is 4.52 Å². The number of alkyl halides is 1. The predicted octanol–water partition coefficient (Wildman–Crippen LogP) is 7.96. The highest BCUT2D eigenvalue weighted by Gasteiger charge is 2.27. The number of phosphoric acid groups is 1. The summed E-state index contributed by atoms with van der Waals surface area (Å²) in [5.74, 6) is 0. The van der Waals surface area contributed by atoms with Crippen LogP contribution >= 0.6 is 23.8 Å². The molecule has 7 nitrogen and oxygen atoms in total. The van der Waals surface area contributed by atoms with Gasteiger partial charge in [0.2, 0.25) is 0 Å². The van der Waals surface area contributed by atoms with Crippen molar-refractivity contribution in [1.29, 1.82) is 0 Å². The van der Waals surface area contributed by atoms with Crippen molar-refractivity contribution in [3.05, 3.63) is 35.9 Å². The largest absolute Gasteiger partial charge is 0.469 e. The molecule has 0 aliphatic rings. The van der Waals surface area contributed by atoms with Crippen molar-refractivity contribution in [3.63, 3.8) is 0 Å². The van der Waals surface area contributed by atoms with Gasteiger partial charge in [0, 0.05) is 25.2 Å². The molecule has 1 aromatic carbocycles. The van der Waals surface area contributed by atoms with Crippen molar-refractivity contribution in [1.82, 2.24) is 0 Å². The third-order valence-corrected chi connectivity index (χ3v) is 7.37. The number of hydrogen-bond acceptors (Lipinski definition) is 5. The Hall–Kier alpha value is -0.310. The second-order valence-corrected chi connectivity index (χ2v) is 11.9. The Morgan fingerprint density at radius 1 is 0.763 bits per heavy atom. The van der Waals surface area contributed by atoms with Crippen LogP contribution in [0.2, 0.25) is 0 Å². The Morgan fingerprint density at radius 3 is 1.92 bits per heavy atom. The van der Waals surface area contributed by atoms with Gasteiger partial charge >= 0.3 is 7.82 Å². The Bertz CT molecular complexity index is 689. The Morgan fingerprint density at radius 2 is 1.34 bits per heavy atom. The van der Waals surface area contributed by atoms with Crippen LogP contribution in [0, 0.1) is 0 Å². The van der Waals surface area contributed by atoms with E-state index in [0.29, 0.717) is 31.6 Å². The van der Waals surface area contributed by atoms with Crippen molar-refractivity contribution in [3.8, 4) is 0 Å². The quantitative estimate of drug-likeness (QED) is 0.0583. The van der Waals surface area contributed by atoms with Gasteiger partial charge in [-0.05, 0) is 24.8 Å². The van der Waals surface area contributed by atoms with Crippen LogP contribution in [0.3, 0.4) is 0 Å². The fraction of sp³-hybridized carbons (Fsp3) is 0.793. The molecule has 0 aliphatic heterocycles. The number of hydrogen-bond donors (Lipinski definition) is 2. The third kappa shape index (κ3) is 21.5. The number of rotatable bonds is 27. The van der Waals surface area contributed by atoms with Crippen LogP contribution in [0.25, 0.3) is 0 Å². The van der Waals surface area contributed by atoms with E-state index in [0.717, 1.165) is 25.0 Å². The lowest BCUT2D eigenvalue weighted by Gasteiger charge is -2.27. The van der Waals surface area contributed by atoms with Crippen molar-refractivity contribution in [2.45, 2.75) is 116 Å². The van der Waals surface area contributed by atoms with Crippen LogP contribution in [0.5, 0.6) is 0 Å². The average molecular weight is 624 g/mol. The number of phosphoric ester groups is 1. The first kappa shape index (κ1) is 35.7. The molecule has 0 saturated heterocycles. The van der Waals surface area contributed by atoms with E-state index in [-0.39, 0.29) is 12.7 Å². The molecule has 0 amide bonds. The minimum Gasteiger partial charge on any atom is -0.381 e. The smallest absolute Gasteiger partial charge is 0.381 e. The lowest BCUT2D eigenvalue weighted by atomic mass is 10.1. The maximum atomic E-state index is 11.3. The highest BCUT2D eigenvalue weighted by atomic mass is 79.9. The van der Waals surface area contributed by atoms with Gasteiger partial charge in [-0.2, -0.15) is 0 Å². The fourth-order valence-electron chi connectivity index (χ4n) is 4.24. The monoisotopic (exact) mass is 622 g/mol. The highest BCUT2D eigenvalue weighted by molar-refractivity contribution is 9.09. The second kappa shape index (κ2) is 24.5. The van der Waals surface area contributed by atoms with Crippen LogP contribution in [-0.4, -0.2) is 53.8 Å². The summed E-state index contributed by atoms with van der Waals surface area (Å²) in [6, 6.07) is 9.64. The SMILES string of the molecule is CCCCCCCCCCCCCCOCCCOC(CCBr)C(COP(=O)(O)O)OCc1ccccc1. The topological polar surface area (TPSA) is 94.5 Å². The maximum absolute atomic E-state index is 11.3. The number of halogens is 1. The van der Waals surface area contributed by atoms with Gasteiger partial charge in [0.05, 0.1) is 19.3 Å². The number of unbranched alkanes of at least 4 members (excludes halogenated alkanes) is 11. The van der Waals surface area contributed by atoms with E-state index < -0.39 is 13.9 Å². The lowest BCUT2D eigenvalue weighted by Crippen LogP contribution is -2.36. The van der Waals surface area contributed by atoms with Crippen LogP contribution in [0.1, 0.15) is 102 Å². The van der Waals surface area contributed by atoms with E-state index in [9.17, 15) is 4.57 Å².